The second-order valence-corrected chi connectivity index (χ2v) is 7.48. The summed E-state index contributed by atoms with van der Waals surface area (Å²) in [5.74, 6) is 0.0684. The molecule has 0 atom stereocenters. The second-order valence-electron chi connectivity index (χ2n) is 6.08. The van der Waals surface area contributed by atoms with Gasteiger partial charge in [0.2, 0.25) is 5.88 Å². The summed E-state index contributed by atoms with van der Waals surface area (Å²) >= 11 is 7.33. The van der Waals surface area contributed by atoms with Crippen LogP contribution in [0, 0.1) is 0 Å². The van der Waals surface area contributed by atoms with Crippen LogP contribution in [0.4, 0.5) is 5.69 Å². The highest BCUT2D eigenvalue weighted by Gasteiger charge is 2.21. The van der Waals surface area contributed by atoms with Crippen molar-refractivity contribution in [3.8, 4) is 5.88 Å². The number of halogens is 1. The summed E-state index contributed by atoms with van der Waals surface area (Å²) < 4.78 is 1.98. The molecular formula is C20H18ClN3O3S. The van der Waals surface area contributed by atoms with Crippen LogP contribution in [-0.4, -0.2) is 19.3 Å². The Morgan fingerprint density at radius 1 is 1.07 bits per heavy atom. The summed E-state index contributed by atoms with van der Waals surface area (Å²) in [5.41, 5.74) is 0.352. The van der Waals surface area contributed by atoms with Crippen LogP contribution in [0.3, 0.4) is 0 Å². The predicted octanol–water partition coefficient (Wildman–Crippen LogP) is 3.45. The lowest BCUT2D eigenvalue weighted by molar-refractivity contribution is 0.410. The molecule has 0 amide bonds. The van der Waals surface area contributed by atoms with E-state index in [0.717, 1.165) is 14.7 Å². The zero-order chi connectivity index (χ0) is 20.3. The second kappa shape index (κ2) is 8.50. The number of aromatic hydroxyl groups is 1. The number of aliphatic imine (C=N–C) groups is 1. The van der Waals surface area contributed by atoms with Gasteiger partial charge in [0.15, 0.2) is 0 Å². The lowest BCUT2D eigenvalue weighted by Gasteiger charge is -2.12. The molecule has 0 radical (unpaired) electrons. The molecule has 0 aliphatic carbocycles. The summed E-state index contributed by atoms with van der Waals surface area (Å²) in [6.07, 6.45) is 0. The van der Waals surface area contributed by atoms with Gasteiger partial charge in [0.25, 0.3) is 5.56 Å². The fraction of sp³-hybridized carbons (Fsp3) is 0.150. The predicted molar refractivity (Wildman–Crippen MR) is 114 cm³/mol. The minimum absolute atomic E-state index is 0.0134. The molecule has 1 heterocycles. The first-order valence-electron chi connectivity index (χ1n) is 8.39. The highest BCUT2D eigenvalue weighted by molar-refractivity contribution is 8.13. The van der Waals surface area contributed by atoms with E-state index in [1.165, 1.54) is 25.9 Å². The zero-order valence-electron chi connectivity index (χ0n) is 15.3. The minimum atomic E-state index is -0.606. The van der Waals surface area contributed by atoms with Gasteiger partial charge >= 0.3 is 5.69 Å². The van der Waals surface area contributed by atoms with Crippen LogP contribution in [0.25, 0.3) is 0 Å². The number of thioether (sulfide) groups is 1. The Morgan fingerprint density at radius 3 is 2.46 bits per heavy atom. The van der Waals surface area contributed by atoms with Gasteiger partial charge in [-0.05, 0) is 29.8 Å². The monoisotopic (exact) mass is 415 g/mol. The molecule has 144 valence electrons. The molecule has 3 rings (SSSR count). The third-order valence-corrected chi connectivity index (χ3v) is 5.38. The first-order chi connectivity index (χ1) is 13.4. The molecule has 1 aromatic heterocycles. The van der Waals surface area contributed by atoms with Gasteiger partial charge in [0.1, 0.15) is 10.6 Å². The van der Waals surface area contributed by atoms with Crippen molar-refractivity contribution < 1.29 is 5.11 Å². The Labute approximate surface area is 170 Å². The Morgan fingerprint density at radius 2 is 1.79 bits per heavy atom. The molecule has 0 saturated heterocycles. The number of rotatable bonds is 4. The van der Waals surface area contributed by atoms with Crippen LogP contribution in [0.1, 0.15) is 11.1 Å². The molecule has 28 heavy (non-hydrogen) atoms. The number of hydrogen-bond donors (Lipinski definition) is 1. The molecule has 0 aliphatic rings. The maximum absolute atomic E-state index is 12.7. The van der Waals surface area contributed by atoms with E-state index in [9.17, 15) is 14.7 Å². The molecule has 2 aromatic carbocycles. The fourth-order valence-corrected chi connectivity index (χ4v) is 3.77. The average molecular weight is 416 g/mol. The van der Waals surface area contributed by atoms with Crippen molar-refractivity contribution in [1.82, 2.24) is 9.13 Å². The van der Waals surface area contributed by atoms with Gasteiger partial charge in [-0.2, -0.15) is 0 Å². The number of benzene rings is 2. The topological polar surface area (TPSA) is 76.6 Å². The van der Waals surface area contributed by atoms with Crippen molar-refractivity contribution in [2.75, 3.05) is 0 Å². The summed E-state index contributed by atoms with van der Waals surface area (Å²) in [7, 11) is 2.78. The fourth-order valence-electron chi connectivity index (χ4n) is 2.58. The zero-order valence-corrected chi connectivity index (χ0v) is 16.9. The van der Waals surface area contributed by atoms with E-state index in [4.69, 9.17) is 11.6 Å². The molecule has 8 heteroatoms. The standard InChI is InChI=1S/C20H18ClN3O3S/c1-23-18(25)16(19(26)24(2)20(23)27)17(22-15-9-4-3-5-10-15)28-12-13-7-6-8-14(21)11-13/h3-11,25H,12H2,1-2H3. The summed E-state index contributed by atoms with van der Waals surface area (Å²) in [5, 5.41) is 11.4. The summed E-state index contributed by atoms with van der Waals surface area (Å²) in [4.78, 5) is 29.4. The van der Waals surface area contributed by atoms with Gasteiger partial charge in [-0.15, -0.1) is 11.8 Å². The molecule has 0 aliphatic heterocycles. The van der Waals surface area contributed by atoms with Gasteiger partial charge in [-0.25, -0.2) is 9.79 Å². The maximum atomic E-state index is 12.7. The van der Waals surface area contributed by atoms with Crippen LogP contribution in [0.2, 0.25) is 5.02 Å². The molecule has 0 bridgehead atoms. The highest BCUT2D eigenvalue weighted by atomic mass is 35.5. The SMILES string of the molecule is Cn1c(O)c(C(=Nc2ccccc2)SCc2cccc(Cl)c2)c(=O)n(C)c1=O. The van der Waals surface area contributed by atoms with Crippen LogP contribution in [0.5, 0.6) is 5.88 Å². The van der Waals surface area contributed by atoms with Gasteiger partial charge < -0.3 is 5.11 Å². The van der Waals surface area contributed by atoms with Crippen LogP contribution in [0.15, 0.2) is 69.2 Å². The van der Waals surface area contributed by atoms with Crippen LogP contribution >= 0.6 is 23.4 Å². The van der Waals surface area contributed by atoms with Crippen molar-refractivity contribution in [2.45, 2.75) is 5.75 Å². The lowest BCUT2D eigenvalue weighted by atomic mass is 10.2. The van der Waals surface area contributed by atoms with Crippen molar-refractivity contribution in [2.24, 2.45) is 19.1 Å². The molecule has 3 aromatic rings. The Balaban J connectivity index is 2.11. The van der Waals surface area contributed by atoms with Crippen molar-refractivity contribution in [3.63, 3.8) is 0 Å². The summed E-state index contributed by atoms with van der Waals surface area (Å²) in [6.45, 7) is 0. The third kappa shape index (κ3) is 4.21. The average Bonchev–Trinajstić information content (AvgIpc) is 2.70. The van der Waals surface area contributed by atoms with E-state index < -0.39 is 17.1 Å². The summed E-state index contributed by atoms with van der Waals surface area (Å²) in [6, 6.07) is 16.5. The smallest absolute Gasteiger partial charge is 0.333 e. The normalized spacial score (nSPS) is 11.6. The van der Waals surface area contributed by atoms with E-state index in [2.05, 4.69) is 4.99 Å². The van der Waals surface area contributed by atoms with Gasteiger partial charge in [0.05, 0.1) is 5.69 Å². The molecule has 6 nitrogen and oxygen atoms in total. The quantitative estimate of drug-likeness (QED) is 0.523. The van der Waals surface area contributed by atoms with Gasteiger partial charge in [-0.1, -0.05) is 41.9 Å². The van der Waals surface area contributed by atoms with Crippen molar-refractivity contribution in [1.29, 1.82) is 0 Å². The third-order valence-electron chi connectivity index (χ3n) is 4.10. The van der Waals surface area contributed by atoms with Crippen LogP contribution < -0.4 is 11.2 Å². The molecule has 0 fully saturated rings. The van der Waals surface area contributed by atoms with E-state index in [1.807, 2.05) is 36.4 Å². The number of nitrogens with zero attached hydrogens (tertiary/aromatic N) is 3. The number of aromatic nitrogens is 2. The number of para-hydroxylation sites is 1. The Kier molecular flexibility index (Phi) is 6.06. The molecule has 1 N–H and O–H groups in total. The molecule has 0 unspecified atom stereocenters. The first-order valence-corrected chi connectivity index (χ1v) is 9.75. The molecule has 0 spiro atoms. The van der Waals surface area contributed by atoms with E-state index >= 15 is 0 Å². The Hall–Kier alpha value is -2.77. The molecule has 0 saturated carbocycles. The Bertz CT molecular complexity index is 1150. The molecular weight excluding hydrogens is 398 g/mol. The van der Waals surface area contributed by atoms with E-state index in [0.29, 0.717) is 21.5 Å². The van der Waals surface area contributed by atoms with Crippen molar-refractivity contribution in [3.05, 3.63) is 91.6 Å². The minimum Gasteiger partial charge on any atom is -0.494 e. The van der Waals surface area contributed by atoms with Crippen LogP contribution in [-0.2, 0) is 19.8 Å². The lowest BCUT2D eigenvalue weighted by Crippen LogP contribution is -2.39. The maximum Gasteiger partial charge on any atom is 0.333 e. The van der Waals surface area contributed by atoms with Crippen molar-refractivity contribution >= 4 is 34.1 Å². The van der Waals surface area contributed by atoms with E-state index in [-0.39, 0.29) is 5.56 Å². The largest absolute Gasteiger partial charge is 0.494 e. The van der Waals surface area contributed by atoms with E-state index in [1.54, 1.807) is 18.2 Å². The van der Waals surface area contributed by atoms with Gasteiger partial charge in [-0.3, -0.25) is 13.9 Å². The highest BCUT2D eigenvalue weighted by Crippen LogP contribution is 2.26. The van der Waals surface area contributed by atoms with Gasteiger partial charge in [0, 0.05) is 24.9 Å². The number of hydrogen-bond acceptors (Lipinski definition) is 5. The first kappa shape index (κ1) is 20.0.